The zero-order chi connectivity index (χ0) is 23.9. The van der Waals surface area contributed by atoms with Crippen LogP contribution in [0.2, 0.25) is 0 Å². The highest BCUT2D eigenvalue weighted by atomic mass is 32.1. The number of rotatable bonds is 5. The van der Waals surface area contributed by atoms with Crippen LogP contribution in [0.25, 0.3) is 6.08 Å². The molecule has 3 aromatic rings. The predicted molar refractivity (Wildman–Crippen MR) is 138 cm³/mol. The number of benzene rings is 2. The molecule has 3 heterocycles. The van der Waals surface area contributed by atoms with E-state index in [1.54, 1.807) is 11.3 Å². The van der Waals surface area contributed by atoms with Crippen LogP contribution in [0.3, 0.4) is 0 Å². The van der Waals surface area contributed by atoms with Crippen molar-refractivity contribution in [3.8, 4) is 12.1 Å². The highest BCUT2D eigenvalue weighted by Gasteiger charge is 2.56. The molecule has 1 saturated heterocycles. The lowest BCUT2D eigenvalue weighted by Gasteiger charge is -2.35. The Kier molecular flexibility index (Phi) is 5.36. The van der Waals surface area contributed by atoms with E-state index in [-0.39, 0.29) is 35.2 Å². The summed E-state index contributed by atoms with van der Waals surface area (Å²) in [4.78, 5) is 17.7. The summed E-state index contributed by atoms with van der Waals surface area (Å²) in [5.74, 6) is 0.0236. The van der Waals surface area contributed by atoms with E-state index in [2.05, 4.69) is 47.4 Å². The molecule has 5 heteroatoms. The van der Waals surface area contributed by atoms with Gasteiger partial charge in [-0.1, -0.05) is 66.7 Å². The summed E-state index contributed by atoms with van der Waals surface area (Å²) in [5, 5.41) is 21.9. The van der Waals surface area contributed by atoms with Gasteiger partial charge in [0.1, 0.15) is 23.8 Å². The van der Waals surface area contributed by atoms with Crippen LogP contribution in [-0.4, -0.2) is 17.9 Å². The van der Waals surface area contributed by atoms with E-state index in [0.717, 1.165) is 34.5 Å². The van der Waals surface area contributed by atoms with Crippen molar-refractivity contribution >= 4 is 28.9 Å². The molecule has 170 valence electrons. The number of carbonyl (C=O) groups excluding carboxylic acids is 1. The Morgan fingerprint density at radius 1 is 0.943 bits per heavy atom. The van der Waals surface area contributed by atoms with Gasteiger partial charge in [0.25, 0.3) is 0 Å². The molecule has 4 nitrogen and oxygen atoms in total. The van der Waals surface area contributed by atoms with E-state index in [9.17, 15) is 15.3 Å². The largest absolute Gasteiger partial charge is 0.353 e. The molecule has 3 aliphatic rings. The zero-order valence-electron chi connectivity index (χ0n) is 19.0. The highest BCUT2D eigenvalue weighted by molar-refractivity contribution is 7.10. The number of thiophene rings is 1. The van der Waals surface area contributed by atoms with Gasteiger partial charge in [-0.05, 0) is 47.4 Å². The van der Waals surface area contributed by atoms with Crippen LogP contribution >= 0.6 is 11.3 Å². The number of allylic oxidation sites excluding steroid dienone is 1. The van der Waals surface area contributed by atoms with Gasteiger partial charge in [-0.2, -0.15) is 10.5 Å². The number of nitriles is 2. The summed E-state index contributed by atoms with van der Waals surface area (Å²) in [5.41, 5.74) is 3.96. The second-order valence-corrected chi connectivity index (χ2v) is 10.4. The van der Waals surface area contributed by atoms with Crippen molar-refractivity contribution in [2.75, 3.05) is 4.90 Å². The van der Waals surface area contributed by atoms with Crippen LogP contribution in [-0.2, 0) is 0 Å². The molecule has 2 aliphatic heterocycles. The van der Waals surface area contributed by atoms with Crippen molar-refractivity contribution in [1.29, 1.82) is 10.5 Å². The number of para-hydroxylation sites is 1. The Morgan fingerprint density at radius 3 is 2.37 bits per heavy atom. The molecule has 35 heavy (non-hydrogen) atoms. The number of ketones is 1. The van der Waals surface area contributed by atoms with Crippen LogP contribution in [0.5, 0.6) is 0 Å². The maximum Gasteiger partial charge on any atom is 0.185 e. The molecule has 1 aromatic heterocycles. The Bertz CT molecular complexity index is 1400. The van der Waals surface area contributed by atoms with Crippen LogP contribution in [0.4, 0.5) is 5.69 Å². The summed E-state index contributed by atoms with van der Waals surface area (Å²) in [7, 11) is 0. The van der Waals surface area contributed by atoms with Gasteiger partial charge in [0, 0.05) is 28.0 Å². The number of hydrogen-bond donors (Lipinski definition) is 0. The van der Waals surface area contributed by atoms with Crippen LogP contribution in [0.15, 0.2) is 89.3 Å². The Hall–Kier alpha value is -3.93. The van der Waals surface area contributed by atoms with Crippen LogP contribution < -0.4 is 4.90 Å². The van der Waals surface area contributed by atoms with Gasteiger partial charge in [-0.15, -0.1) is 11.3 Å². The van der Waals surface area contributed by atoms with Crippen molar-refractivity contribution in [1.82, 2.24) is 0 Å². The normalized spacial score (nSPS) is 24.1. The number of nitrogens with zero attached hydrogens (tertiary/aromatic N) is 3. The SMILES string of the molecule is N#CC(C#N)=C(C1CC1)C1C(c2cccs2)C(C(=O)c2ccccc2)N2c3ccccc3C=CC12. The van der Waals surface area contributed by atoms with Gasteiger partial charge in [0.05, 0.1) is 6.04 Å². The second kappa shape index (κ2) is 8.69. The maximum atomic E-state index is 14.3. The molecule has 0 bridgehead atoms. The fourth-order valence-electron chi connectivity index (χ4n) is 5.97. The van der Waals surface area contributed by atoms with E-state index in [0.29, 0.717) is 5.56 Å². The minimum Gasteiger partial charge on any atom is -0.353 e. The molecule has 1 saturated carbocycles. The van der Waals surface area contributed by atoms with Crippen molar-refractivity contribution in [3.05, 3.63) is 105 Å². The molecule has 4 unspecified atom stereocenters. The van der Waals surface area contributed by atoms with Crippen molar-refractivity contribution in [2.24, 2.45) is 11.8 Å². The molecular weight excluding hydrogens is 450 g/mol. The predicted octanol–water partition coefficient (Wildman–Crippen LogP) is 6.37. The number of carbonyl (C=O) groups is 1. The van der Waals surface area contributed by atoms with Crippen molar-refractivity contribution < 1.29 is 4.79 Å². The fourth-order valence-corrected chi connectivity index (χ4v) is 6.88. The number of anilines is 1. The van der Waals surface area contributed by atoms with Crippen molar-refractivity contribution in [3.63, 3.8) is 0 Å². The number of Topliss-reactive ketones (excluding diaryl/α,β-unsaturated/α-hetero) is 1. The van der Waals surface area contributed by atoms with Gasteiger partial charge in [0.2, 0.25) is 0 Å². The summed E-state index contributed by atoms with van der Waals surface area (Å²) in [6.07, 6.45) is 6.29. The standard InChI is InChI=1S/C30H23N3OS/c31-17-22(18-32)26(20-12-13-20)27-24-15-14-19-7-4-5-10-23(19)33(24)29(28(27)25-11-6-16-35-25)30(34)21-8-2-1-3-9-21/h1-11,14-16,20,24,27-29H,12-13H2. The quantitative estimate of drug-likeness (QED) is 0.319. The maximum absolute atomic E-state index is 14.3. The van der Waals surface area contributed by atoms with Crippen LogP contribution in [0.1, 0.15) is 39.6 Å². The van der Waals surface area contributed by atoms with E-state index in [1.807, 2.05) is 53.9 Å². The third-order valence-electron chi connectivity index (χ3n) is 7.49. The molecule has 0 N–H and O–H groups in total. The van der Waals surface area contributed by atoms with E-state index in [1.165, 1.54) is 0 Å². The molecule has 0 amide bonds. The van der Waals surface area contributed by atoms with Gasteiger partial charge in [-0.3, -0.25) is 4.79 Å². The first-order chi connectivity index (χ1) is 17.2. The summed E-state index contributed by atoms with van der Waals surface area (Å²) in [6.45, 7) is 0. The van der Waals surface area contributed by atoms with E-state index >= 15 is 0 Å². The van der Waals surface area contributed by atoms with E-state index in [4.69, 9.17) is 0 Å². The zero-order valence-corrected chi connectivity index (χ0v) is 19.9. The molecule has 2 fully saturated rings. The topological polar surface area (TPSA) is 67.9 Å². The molecule has 6 rings (SSSR count). The third-order valence-corrected chi connectivity index (χ3v) is 8.46. The summed E-state index contributed by atoms with van der Waals surface area (Å²) in [6, 6.07) is 25.7. The summed E-state index contributed by atoms with van der Waals surface area (Å²) >= 11 is 1.65. The smallest absolute Gasteiger partial charge is 0.185 e. The first kappa shape index (κ1) is 21.6. The van der Waals surface area contributed by atoms with E-state index < -0.39 is 6.04 Å². The molecule has 4 atom stereocenters. The monoisotopic (exact) mass is 473 g/mol. The average Bonchev–Trinajstić information content (AvgIpc) is 3.48. The lowest BCUT2D eigenvalue weighted by Crippen LogP contribution is -2.43. The lowest BCUT2D eigenvalue weighted by atomic mass is 9.75. The number of fused-ring (bicyclic) bond motifs is 3. The van der Waals surface area contributed by atoms with Gasteiger partial charge >= 0.3 is 0 Å². The molecule has 0 spiro atoms. The van der Waals surface area contributed by atoms with Gasteiger partial charge in [-0.25, -0.2) is 0 Å². The van der Waals surface area contributed by atoms with Crippen LogP contribution in [0, 0.1) is 34.5 Å². The first-order valence-corrected chi connectivity index (χ1v) is 12.8. The highest BCUT2D eigenvalue weighted by Crippen LogP contribution is 2.56. The second-order valence-electron chi connectivity index (χ2n) is 9.39. The molecule has 0 radical (unpaired) electrons. The average molecular weight is 474 g/mol. The molecule has 1 aliphatic carbocycles. The Labute approximate surface area is 209 Å². The minimum absolute atomic E-state index is 0.0761. The first-order valence-electron chi connectivity index (χ1n) is 12.0. The van der Waals surface area contributed by atoms with Gasteiger partial charge < -0.3 is 4.90 Å². The minimum atomic E-state index is -0.440. The Morgan fingerprint density at radius 2 is 1.69 bits per heavy atom. The summed E-state index contributed by atoms with van der Waals surface area (Å²) < 4.78 is 0. The molecule has 2 aromatic carbocycles. The van der Waals surface area contributed by atoms with Crippen molar-refractivity contribution in [2.45, 2.75) is 30.8 Å². The van der Waals surface area contributed by atoms with Gasteiger partial charge in [0.15, 0.2) is 5.78 Å². The third kappa shape index (κ3) is 3.52. The lowest BCUT2D eigenvalue weighted by molar-refractivity contribution is 0.0953. The Balaban J connectivity index is 1.61. The fraction of sp³-hybridized carbons (Fsp3) is 0.233. The molecular formula is C30H23N3OS. The number of hydrogen-bond acceptors (Lipinski definition) is 5.